The smallest absolute Gasteiger partial charge is 0.106 e. The van der Waals surface area contributed by atoms with Gasteiger partial charge in [-0.1, -0.05) is 81.4 Å². The number of hydrogen-bond acceptors (Lipinski definition) is 2. The Morgan fingerprint density at radius 2 is 1.31 bits per heavy atom. The molecule has 0 N–H and O–H groups in total. The van der Waals surface area contributed by atoms with Gasteiger partial charge in [-0.05, 0) is 31.7 Å². The molecule has 1 heterocycles. The lowest BCUT2D eigenvalue weighted by Gasteiger charge is -2.56. The Bertz CT molecular complexity index is 805. The topological polar surface area (TPSA) is 15.6 Å². The van der Waals surface area contributed by atoms with Crippen LogP contribution in [0.25, 0.3) is 5.70 Å². The summed E-state index contributed by atoms with van der Waals surface area (Å²) in [5.74, 6) is 0. The van der Waals surface area contributed by atoms with E-state index in [9.17, 15) is 0 Å². The van der Waals surface area contributed by atoms with E-state index in [0.29, 0.717) is 0 Å². The second-order valence-electron chi connectivity index (χ2n) is 9.06. The summed E-state index contributed by atoms with van der Waals surface area (Å²) in [6, 6.07) is 21.2. The Balaban J connectivity index is 2.23. The van der Waals surface area contributed by atoms with Gasteiger partial charge in [0.1, 0.15) is 5.54 Å². The zero-order valence-electron chi connectivity index (χ0n) is 16.8. The summed E-state index contributed by atoms with van der Waals surface area (Å²) in [7, 11) is 0. The molecule has 0 amide bonds. The van der Waals surface area contributed by atoms with Crippen LogP contribution in [0.2, 0.25) is 0 Å². The molecule has 136 valence electrons. The minimum Gasteiger partial charge on any atom is -0.355 e. The first-order valence-electron chi connectivity index (χ1n) is 9.34. The molecule has 1 aliphatic heterocycles. The molecule has 1 atom stereocenters. The van der Waals surface area contributed by atoms with E-state index < -0.39 is 0 Å². The lowest BCUT2D eigenvalue weighted by Crippen LogP contribution is -2.60. The van der Waals surface area contributed by atoms with E-state index in [0.717, 1.165) is 11.3 Å². The van der Waals surface area contributed by atoms with Crippen LogP contribution >= 0.6 is 0 Å². The zero-order valence-corrected chi connectivity index (χ0v) is 16.8. The van der Waals surface area contributed by atoms with Crippen molar-refractivity contribution >= 4 is 11.9 Å². The van der Waals surface area contributed by atoms with Crippen LogP contribution in [0.4, 0.5) is 0 Å². The second-order valence-corrected chi connectivity index (χ2v) is 9.06. The van der Waals surface area contributed by atoms with E-state index in [1.54, 1.807) is 0 Å². The highest BCUT2D eigenvalue weighted by atomic mass is 15.3. The fourth-order valence-corrected chi connectivity index (χ4v) is 3.86. The summed E-state index contributed by atoms with van der Waals surface area (Å²) < 4.78 is 0. The molecule has 26 heavy (non-hydrogen) atoms. The first-order chi connectivity index (χ1) is 12.2. The average molecular weight is 347 g/mol. The van der Waals surface area contributed by atoms with Crippen LogP contribution in [0.15, 0.2) is 71.9 Å². The number of nitrogens with zero attached hydrogens (tertiary/aromatic N) is 2. The first-order valence-corrected chi connectivity index (χ1v) is 9.34. The van der Waals surface area contributed by atoms with Gasteiger partial charge < -0.3 is 4.90 Å². The van der Waals surface area contributed by atoms with Crippen molar-refractivity contribution in [2.24, 2.45) is 10.4 Å². The Labute approximate surface area is 158 Å². The van der Waals surface area contributed by atoms with Crippen molar-refractivity contribution in [3.8, 4) is 0 Å². The fraction of sp³-hybridized carbons (Fsp3) is 0.375. The predicted molar refractivity (Wildman–Crippen MR) is 112 cm³/mol. The van der Waals surface area contributed by atoms with Crippen molar-refractivity contribution in [2.75, 3.05) is 0 Å². The highest BCUT2D eigenvalue weighted by Crippen LogP contribution is 2.49. The van der Waals surface area contributed by atoms with Gasteiger partial charge in [0.2, 0.25) is 0 Å². The van der Waals surface area contributed by atoms with Gasteiger partial charge in [0.15, 0.2) is 0 Å². The molecule has 0 aromatic heterocycles. The standard InChI is InChI=1S/C24H30N2/c1-22(2,3)24(20-15-11-8-12-16-20)18-25-21(17-26(24)23(4,5)6)19-13-9-7-10-14-19/h7-18H,1-6H3/t24-/m0/s1. The van der Waals surface area contributed by atoms with E-state index >= 15 is 0 Å². The molecule has 2 aromatic carbocycles. The Hall–Kier alpha value is -2.35. The third-order valence-electron chi connectivity index (χ3n) is 5.17. The zero-order chi connectivity index (χ0) is 19.0. The second kappa shape index (κ2) is 6.42. The molecule has 0 unspecified atom stereocenters. The van der Waals surface area contributed by atoms with Crippen LogP contribution in [-0.2, 0) is 5.54 Å². The van der Waals surface area contributed by atoms with Gasteiger partial charge >= 0.3 is 0 Å². The summed E-state index contributed by atoms with van der Waals surface area (Å²) in [6.07, 6.45) is 4.41. The minimum absolute atomic E-state index is 0.0378. The van der Waals surface area contributed by atoms with Gasteiger partial charge in [-0.25, -0.2) is 0 Å². The molecular weight excluding hydrogens is 316 g/mol. The summed E-state index contributed by atoms with van der Waals surface area (Å²) >= 11 is 0. The highest BCUT2D eigenvalue weighted by Gasteiger charge is 2.50. The van der Waals surface area contributed by atoms with Crippen molar-refractivity contribution in [3.63, 3.8) is 0 Å². The minimum atomic E-state index is -0.315. The van der Waals surface area contributed by atoms with E-state index in [-0.39, 0.29) is 16.5 Å². The number of aliphatic imine (C=N–C) groups is 1. The third kappa shape index (κ3) is 3.09. The van der Waals surface area contributed by atoms with E-state index in [2.05, 4.69) is 113 Å². The van der Waals surface area contributed by atoms with Gasteiger partial charge in [0.05, 0.1) is 5.70 Å². The lowest BCUT2D eigenvalue weighted by atomic mass is 9.67. The van der Waals surface area contributed by atoms with Gasteiger partial charge in [0, 0.05) is 23.5 Å². The molecule has 0 aliphatic carbocycles. The predicted octanol–water partition coefficient (Wildman–Crippen LogP) is 6.11. The van der Waals surface area contributed by atoms with Crippen LogP contribution < -0.4 is 0 Å². The van der Waals surface area contributed by atoms with Crippen molar-refractivity contribution in [1.29, 1.82) is 0 Å². The summed E-state index contributed by atoms with van der Waals surface area (Å²) in [5, 5.41) is 0. The number of rotatable bonds is 2. The summed E-state index contributed by atoms with van der Waals surface area (Å²) in [5.41, 5.74) is 3.02. The molecule has 0 spiro atoms. The van der Waals surface area contributed by atoms with Crippen LogP contribution in [-0.4, -0.2) is 16.7 Å². The summed E-state index contributed by atoms with van der Waals surface area (Å²) in [6.45, 7) is 13.7. The van der Waals surface area contributed by atoms with Crippen molar-refractivity contribution in [2.45, 2.75) is 52.6 Å². The SMILES string of the molecule is CC(C)(C)N1C=C(c2ccccc2)N=C[C@]1(c1ccccc1)C(C)(C)C. The lowest BCUT2D eigenvalue weighted by molar-refractivity contribution is 0.0237. The maximum absolute atomic E-state index is 4.95. The molecule has 0 fully saturated rings. The average Bonchev–Trinajstić information content (AvgIpc) is 2.61. The van der Waals surface area contributed by atoms with Crippen LogP contribution in [0, 0.1) is 5.41 Å². The van der Waals surface area contributed by atoms with Crippen LogP contribution in [0.5, 0.6) is 0 Å². The Kier molecular flexibility index (Phi) is 4.56. The maximum Gasteiger partial charge on any atom is 0.106 e. The molecule has 3 rings (SSSR count). The van der Waals surface area contributed by atoms with Gasteiger partial charge in [0.25, 0.3) is 0 Å². The van der Waals surface area contributed by atoms with Gasteiger partial charge in [-0.3, -0.25) is 4.99 Å². The molecule has 1 aliphatic rings. The van der Waals surface area contributed by atoms with E-state index in [4.69, 9.17) is 4.99 Å². The Morgan fingerprint density at radius 1 is 0.769 bits per heavy atom. The molecule has 0 radical (unpaired) electrons. The Morgan fingerprint density at radius 3 is 1.81 bits per heavy atom. The van der Waals surface area contributed by atoms with Crippen LogP contribution in [0.3, 0.4) is 0 Å². The molecule has 0 bridgehead atoms. The van der Waals surface area contributed by atoms with Crippen LogP contribution in [0.1, 0.15) is 52.7 Å². The highest BCUT2D eigenvalue weighted by molar-refractivity contribution is 5.84. The normalized spacial score (nSPS) is 20.8. The van der Waals surface area contributed by atoms with Gasteiger partial charge in [-0.15, -0.1) is 0 Å². The van der Waals surface area contributed by atoms with Crippen molar-refractivity contribution in [3.05, 3.63) is 78.0 Å². The molecule has 0 saturated carbocycles. The maximum atomic E-state index is 4.95. The quantitative estimate of drug-likeness (QED) is 0.640. The monoisotopic (exact) mass is 346 g/mol. The van der Waals surface area contributed by atoms with Gasteiger partial charge in [-0.2, -0.15) is 0 Å². The fourth-order valence-electron chi connectivity index (χ4n) is 3.86. The molecule has 2 nitrogen and oxygen atoms in total. The third-order valence-corrected chi connectivity index (χ3v) is 5.17. The summed E-state index contributed by atoms with van der Waals surface area (Å²) in [4.78, 5) is 7.45. The molecule has 2 heteroatoms. The van der Waals surface area contributed by atoms with Crippen molar-refractivity contribution in [1.82, 2.24) is 4.90 Å². The van der Waals surface area contributed by atoms with E-state index in [1.807, 2.05) is 6.07 Å². The largest absolute Gasteiger partial charge is 0.355 e. The molecular formula is C24H30N2. The molecule has 2 aromatic rings. The number of hydrogen-bond donors (Lipinski definition) is 0. The first kappa shape index (κ1) is 18.4. The number of benzene rings is 2. The molecule has 0 saturated heterocycles. The van der Waals surface area contributed by atoms with E-state index in [1.165, 1.54) is 5.56 Å². The van der Waals surface area contributed by atoms with Crippen molar-refractivity contribution < 1.29 is 0 Å².